The van der Waals surface area contributed by atoms with Gasteiger partial charge in [-0.05, 0) is 77.9 Å². The van der Waals surface area contributed by atoms with Crippen molar-refractivity contribution in [3.63, 3.8) is 0 Å². The van der Waals surface area contributed by atoms with Gasteiger partial charge in [0.1, 0.15) is 5.69 Å². The van der Waals surface area contributed by atoms with Gasteiger partial charge in [-0.1, -0.05) is 109 Å². The number of aryl methyl sites for hydroxylation is 4. The number of para-hydroxylation sites is 2. The smallest absolute Gasteiger partial charge is 0.336 e. The Bertz CT molecular complexity index is 1860. The molecule has 3 nitrogen and oxygen atoms in total. The van der Waals surface area contributed by atoms with Crippen LogP contribution in [0, 0.1) is 20.8 Å². The van der Waals surface area contributed by atoms with Crippen LogP contribution in [0.15, 0.2) is 140 Å². The van der Waals surface area contributed by atoms with Crippen molar-refractivity contribution < 1.29 is 4.57 Å². The normalized spacial score (nSPS) is 12.5. The van der Waals surface area contributed by atoms with Crippen LogP contribution in [0.1, 0.15) is 16.7 Å². The topological polar surface area (TPSA) is 10.4 Å². The summed E-state index contributed by atoms with van der Waals surface area (Å²) in [5.74, 6) is 1.16. The summed E-state index contributed by atoms with van der Waals surface area (Å²) < 4.78 is 2.29. The van der Waals surface area contributed by atoms with Crippen LogP contribution in [0.5, 0.6) is 0 Å². The van der Waals surface area contributed by atoms with E-state index in [1.807, 2.05) is 0 Å². The summed E-state index contributed by atoms with van der Waals surface area (Å²) in [7, 11) is 2.17. The van der Waals surface area contributed by atoms with E-state index in [2.05, 4.69) is 182 Å². The minimum absolute atomic E-state index is 0.154. The van der Waals surface area contributed by atoms with Crippen molar-refractivity contribution in [1.82, 2.24) is 0 Å². The van der Waals surface area contributed by atoms with Gasteiger partial charge in [-0.3, -0.25) is 4.81 Å². The lowest BCUT2D eigenvalue weighted by Crippen LogP contribution is -2.57. The molecule has 0 atom stereocenters. The number of aromatic nitrogens is 1. The standard InChI is InChI=1S/C39H35BN3/c1-28-16-14-25-36-39(28)43(37-26-29(2)30(3)27-41(37)4)40(42(36)33-21-12-7-13-22-33)38-34(31-17-8-5-9-18-31)23-15-24-35(38)32-19-10-6-11-20-32/h5-27H,1-4H3/q+1. The maximum Gasteiger partial charge on any atom is 0.543 e. The lowest BCUT2D eigenvalue weighted by molar-refractivity contribution is -0.658. The van der Waals surface area contributed by atoms with Crippen molar-refractivity contribution in [3.8, 4) is 22.3 Å². The highest BCUT2D eigenvalue weighted by molar-refractivity contribution is 6.86. The molecular weight excluding hydrogens is 521 g/mol. The molecule has 1 aliphatic rings. The van der Waals surface area contributed by atoms with Crippen molar-refractivity contribution in [2.24, 2.45) is 7.05 Å². The lowest BCUT2D eigenvalue weighted by Gasteiger charge is -2.28. The van der Waals surface area contributed by atoms with E-state index in [1.54, 1.807) is 0 Å². The lowest BCUT2D eigenvalue weighted by atomic mass is 9.59. The summed E-state index contributed by atoms with van der Waals surface area (Å²) in [4.78, 5) is 5.10. The van der Waals surface area contributed by atoms with E-state index in [-0.39, 0.29) is 6.98 Å². The summed E-state index contributed by atoms with van der Waals surface area (Å²) in [6, 6.07) is 48.3. The Hall–Kier alpha value is -5.09. The Labute approximate surface area is 255 Å². The average Bonchev–Trinajstić information content (AvgIpc) is 3.39. The van der Waals surface area contributed by atoms with Crippen molar-refractivity contribution >= 4 is 35.3 Å². The highest BCUT2D eigenvalue weighted by Crippen LogP contribution is 2.48. The predicted molar refractivity (Wildman–Crippen MR) is 182 cm³/mol. The molecule has 0 fully saturated rings. The van der Waals surface area contributed by atoms with Gasteiger partial charge >= 0.3 is 6.98 Å². The molecule has 0 radical (unpaired) electrons. The zero-order valence-corrected chi connectivity index (χ0v) is 25.2. The summed E-state index contributed by atoms with van der Waals surface area (Å²) >= 11 is 0. The third-order valence-corrected chi connectivity index (χ3v) is 8.74. The van der Waals surface area contributed by atoms with E-state index in [9.17, 15) is 0 Å². The highest BCUT2D eigenvalue weighted by Gasteiger charge is 2.53. The molecule has 0 amide bonds. The van der Waals surface area contributed by atoms with Crippen molar-refractivity contribution in [2.45, 2.75) is 20.8 Å². The first-order valence-electron chi connectivity index (χ1n) is 15.0. The van der Waals surface area contributed by atoms with Gasteiger partial charge in [0.25, 0.3) is 5.82 Å². The van der Waals surface area contributed by atoms with Crippen molar-refractivity contribution in [1.29, 1.82) is 0 Å². The van der Waals surface area contributed by atoms with E-state index in [1.165, 1.54) is 55.8 Å². The number of hydrogen-bond acceptors (Lipinski definition) is 2. The van der Waals surface area contributed by atoms with Crippen LogP contribution in [0.3, 0.4) is 0 Å². The molecule has 0 aliphatic carbocycles. The summed E-state index contributed by atoms with van der Waals surface area (Å²) in [5.41, 5.74) is 13.6. The van der Waals surface area contributed by atoms with E-state index in [4.69, 9.17) is 0 Å². The molecule has 1 aliphatic heterocycles. The van der Waals surface area contributed by atoms with E-state index >= 15 is 0 Å². The van der Waals surface area contributed by atoms with E-state index in [0.717, 1.165) is 11.5 Å². The summed E-state index contributed by atoms with van der Waals surface area (Å²) in [5, 5.41) is 0. The van der Waals surface area contributed by atoms with Gasteiger partial charge in [0, 0.05) is 17.2 Å². The highest BCUT2D eigenvalue weighted by atomic mass is 15.3. The third-order valence-electron chi connectivity index (χ3n) is 8.74. The van der Waals surface area contributed by atoms with Gasteiger partial charge in [-0.2, -0.15) is 0 Å². The Morgan fingerprint density at radius 3 is 1.70 bits per heavy atom. The monoisotopic (exact) mass is 556 g/mol. The Morgan fingerprint density at radius 2 is 1.09 bits per heavy atom. The predicted octanol–water partition coefficient (Wildman–Crippen LogP) is 8.46. The number of nitrogens with zero attached hydrogens (tertiary/aromatic N) is 3. The van der Waals surface area contributed by atoms with Crippen molar-refractivity contribution in [3.05, 3.63) is 156 Å². The molecule has 4 heteroatoms. The molecule has 7 rings (SSSR count). The minimum Gasteiger partial charge on any atom is -0.336 e. The molecule has 6 aromatic rings. The molecule has 5 aromatic carbocycles. The summed E-state index contributed by atoms with van der Waals surface area (Å²) in [6.45, 7) is 6.48. The average molecular weight is 557 g/mol. The SMILES string of the molecule is Cc1cc(N2B(c3c(-c4ccccc4)cccc3-c3ccccc3)N(c3ccccc3)c3cccc(C)c32)[n+](C)cc1C. The first-order valence-corrected chi connectivity index (χ1v) is 15.0. The van der Waals surface area contributed by atoms with Crippen LogP contribution in [0.2, 0.25) is 0 Å². The molecule has 0 bridgehead atoms. The summed E-state index contributed by atoms with van der Waals surface area (Å²) in [6.07, 6.45) is 2.26. The maximum atomic E-state index is 2.57. The van der Waals surface area contributed by atoms with Crippen LogP contribution >= 0.6 is 0 Å². The Balaban J connectivity index is 1.62. The van der Waals surface area contributed by atoms with E-state index < -0.39 is 0 Å². The molecule has 0 N–H and O–H groups in total. The molecule has 0 unspecified atom stereocenters. The van der Waals surface area contributed by atoms with Crippen LogP contribution in [-0.4, -0.2) is 6.98 Å². The largest absolute Gasteiger partial charge is 0.543 e. The molecule has 2 heterocycles. The molecule has 0 saturated carbocycles. The molecule has 1 aromatic heterocycles. The first-order chi connectivity index (χ1) is 21.0. The van der Waals surface area contributed by atoms with Gasteiger partial charge in [0.2, 0.25) is 0 Å². The first kappa shape index (κ1) is 26.8. The fourth-order valence-corrected chi connectivity index (χ4v) is 6.58. The van der Waals surface area contributed by atoms with Gasteiger partial charge < -0.3 is 4.81 Å². The van der Waals surface area contributed by atoms with Gasteiger partial charge in [-0.15, -0.1) is 0 Å². The second-order valence-electron chi connectivity index (χ2n) is 11.5. The minimum atomic E-state index is -0.154. The number of fused-ring (bicyclic) bond motifs is 1. The number of rotatable bonds is 5. The second-order valence-corrected chi connectivity index (χ2v) is 11.5. The molecule has 208 valence electrons. The number of benzene rings is 5. The van der Waals surface area contributed by atoms with Gasteiger partial charge in [-0.25, -0.2) is 4.57 Å². The quantitative estimate of drug-likeness (QED) is 0.156. The number of anilines is 4. The number of hydrogen-bond donors (Lipinski definition) is 0. The van der Waals surface area contributed by atoms with Crippen LogP contribution in [0.4, 0.5) is 22.9 Å². The van der Waals surface area contributed by atoms with Gasteiger partial charge in [0.05, 0.1) is 18.9 Å². The third kappa shape index (κ3) is 4.60. The Kier molecular flexibility index (Phi) is 6.83. The molecule has 0 spiro atoms. The van der Waals surface area contributed by atoms with Crippen LogP contribution < -0.4 is 19.7 Å². The van der Waals surface area contributed by atoms with Crippen molar-refractivity contribution in [2.75, 3.05) is 9.62 Å². The zero-order chi connectivity index (χ0) is 29.5. The fourth-order valence-electron chi connectivity index (χ4n) is 6.58. The van der Waals surface area contributed by atoms with Gasteiger partial charge in [0.15, 0.2) is 0 Å². The molecule has 43 heavy (non-hydrogen) atoms. The molecule has 0 saturated heterocycles. The second kappa shape index (κ2) is 11.0. The Morgan fingerprint density at radius 1 is 0.535 bits per heavy atom. The maximum absolute atomic E-state index is 2.57. The van der Waals surface area contributed by atoms with E-state index in [0.29, 0.717) is 0 Å². The van der Waals surface area contributed by atoms with Crippen LogP contribution in [0.25, 0.3) is 22.3 Å². The zero-order valence-electron chi connectivity index (χ0n) is 25.2. The van der Waals surface area contributed by atoms with Crippen LogP contribution in [-0.2, 0) is 7.05 Å². The fraction of sp³-hybridized carbons (Fsp3) is 0.103. The molecular formula is C39H35BN3+. The number of pyridine rings is 1.